The van der Waals surface area contributed by atoms with Crippen LogP contribution in [0.25, 0.3) is 0 Å². The van der Waals surface area contributed by atoms with Crippen LogP contribution in [0, 0.1) is 0 Å². The Balaban J connectivity index is 1.64. The topological polar surface area (TPSA) is 15.3 Å². The average molecular weight is 260 g/mol. The second-order valence-electron chi connectivity index (χ2n) is 4.70. The number of nitrogens with one attached hydrogen (secondary N) is 1. The smallest absolute Gasteiger partial charge is 0.0265 e. The van der Waals surface area contributed by atoms with Crippen molar-refractivity contribution in [1.29, 1.82) is 0 Å². The predicted octanol–water partition coefficient (Wildman–Crippen LogP) is 1.91. The highest BCUT2D eigenvalue weighted by atomic mass is 32.2. The maximum atomic E-state index is 3.57. The van der Waals surface area contributed by atoms with E-state index in [2.05, 4.69) is 40.7 Å². The van der Waals surface area contributed by atoms with Crippen LogP contribution in [0.2, 0.25) is 0 Å². The quantitative estimate of drug-likeness (QED) is 0.830. The van der Waals surface area contributed by atoms with E-state index in [-0.39, 0.29) is 0 Å². The highest BCUT2D eigenvalue weighted by Crippen LogP contribution is 2.25. The minimum absolute atomic E-state index is 0.787. The maximum absolute atomic E-state index is 3.57. The molecule has 2 aliphatic heterocycles. The molecule has 2 fully saturated rings. The Morgan fingerprint density at radius 3 is 2.69 bits per heavy atom. The van der Waals surface area contributed by atoms with Gasteiger partial charge in [0.05, 0.1) is 0 Å². The number of hydrogen-bond acceptors (Lipinski definition) is 4. The molecule has 0 aliphatic carbocycles. The van der Waals surface area contributed by atoms with Crippen molar-refractivity contribution >= 4 is 23.5 Å². The SMILES string of the molecule is CCNC1CCN(CC2CSCCS2)CC1. The third-order valence-electron chi connectivity index (χ3n) is 3.43. The van der Waals surface area contributed by atoms with E-state index < -0.39 is 0 Å². The number of nitrogens with zero attached hydrogens (tertiary/aromatic N) is 1. The van der Waals surface area contributed by atoms with Crippen molar-refractivity contribution in [3.63, 3.8) is 0 Å². The van der Waals surface area contributed by atoms with Crippen LogP contribution in [0.4, 0.5) is 0 Å². The maximum Gasteiger partial charge on any atom is 0.0265 e. The van der Waals surface area contributed by atoms with Gasteiger partial charge in [0.2, 0.25) is 0 Å². The molecule has 2 aliphatic rings. The van der Waals surface area contributed by atoms with Crippen LogP contribution in [0.5, 0.6) is 0 Å². The molecule has 0 saturated carbocycles. The zero-order valence-electron chi connectivity index (χ0n) is 10.3. The molecule has 16 heavy (non-hydrogen) atoms. The van der Waals surface area contributed by atoms with Gasteiger partial charge in [-0.05, 0) is 32.5 Å². The summed E-state index contributed by atoms with van der Waals surface area (Å²) >= 11 is 4.33. The number of piperidine rings is 1. The van der Waals surface area contributed by atoms with Gasteiger partial charge in [0.15, 0.2) is 0 Å². The fraction of sp³-hybridized carbons (Fsp3) is 1.00. The van der Waals surface area contributed by atoms with E-state index in [9.17, 15) is 0 Å². The Morgan fingerprint density at radius 2 is 2.06 bits per heavy atom. The van der Waals surface area contributed by atoms with Crippen LogP contribution >= 0.6 is 23.5 Å². The lowest BCUT2D eigenvalue weighted by Gasteiger charge is -2.35. The van der Waals surface area contributed by atoms with Gasteiger partial charge in [-0.25, -0.2) is 0 Å². The molecule has 1 N–H and O–H groups in total. The largest absolute Gasteiger partial charge is 0.314 e. The van der Waals surface area contributed by atoms with Crippen molar-refractivity contribution in [1.82, 2.24) is 10.2 Å². The fourth-order valence-corrected chi connectivity index (χ4v) is 5.25. The van der Waals surface area contributed by atoms with Crippen LogP contribution < -0.4 is 5.32 Å². The normalized spacial score (nSPS) is 29.4. The molecule has 0 aromatic carbocycles. The Labute approximate surface area is 108 Å². The van der Waals surface area contributed by atoms with Crippen LogP contribution in [0.1, 0.15) is 19.8 Å². The average Bonchev–Trinajstić information content (AvgIpc) is 2.33. The number of rotatable bonds is 4. The molecule has 0 bridgehead atoms. The Hall–Kier alpha value is 0.620. The summed E-state index contributed by atoms with van der Waals surface area (Å²) in [4.78, 5) is 2.68. The first-order valence-electron chi connectivity index (χ1n) is 6.53. The lowest BCUT2D eigenvalue weighted by atomic mass is 10.1. The van der Waals surface area contributed by atoms with E-state index in [1.54, 1.807) is 0 Å². The van der Waals surface area contributed by atoms with E-state index >= 15 is 0 Å². The zero-order chi connectivity index (χ0) is 11.2. The van der Waals surface area contributed by atoms with Gasteiger partial charge in [-0.3, -0.25) is 0 Å². The van der Waals surface area contributed by atoms with Crippen LogP contribution in [-0.4, -0.2) is 59.6 Å². The first-order valence-corrected chi connectivity index (χ1v) is 8.74. The Morgan fingerprint density at radius 1 is 1.25 bits per heavy atom. The van der Waals surface area contributed by atoms with Crippen molar-refractivity contribution in [3.05, 3.63) is 0 Å². The van der Waals surface area contributed by atoms with Gasteiger partial charge in [0.25, 0.3) is 0 Å². The van der Waals surface area contributed by atoms with Gasteiger partial charge in [0.1, 0.15) is 0 Å². The van der Waals surface area contributed by atoms with Gasteiger partial charge in [-0.1, -0.05) is 6.92 Å². The summed E-state index contributed by atoms with van der Waals surface area (Å²) in [6, 6.07) is 0.787. The molecule has 1 unspecified atom stereocenters. The molecular weight excluding hydrogens is 236 g/mol. The van der Waals surface area contributed by atoms with Crippen molar-refractivity contribution in [2.75, 3.05) is 43.4 Å². The molecule has 1 atom stereocenters. The minimum Gasteiger partial charge on any atom is -0.314 e. The van der Waals surface area contributed by atoms with Crippen LogP contribution in [-0.2, 0) is 0 Å². The molecule has 0 radical (unpaired) electrons. The molecule has 0 aromatic rings. The number of thioether (sulfide) groups is 2. The Kier molecular flexibility index (Phi) is 5.83. The summed E-state index contributed by atoms with van der Waals surface area (Å²) in [5.74, 6) is 4.10. The van der Waals surface area contributed by atoms with Crippen molar-refractivity contribution in [2.45, 2.75) is 31.1 Å². The molecule has 94 valence electrons. The standard InChI is InChI=1S/C12H24N2S2/c1-2-13-11-3-5-14(6-4-11)9-12-10-15-7-8-16-12/h11-13H,2-10H2,1H3. The lowest BCUT2D eigenvalue weighted by molar-refractivity contribution is 0.201. The van der Waals surface area contributed by atoms with Gasteiger partial charge in [0, 0.05) is 35.1 Å². The molecule has 0 spiro atoms. The number of hydrogen-bond donors (Lipinski definition) is 1. The van der Waals surface area contributed by atoms with Crippen molar-refractivity contribution in [3.8, 4) is 0 Å². The van der Waals surface area contributed by atoms with Crippen molar-refractivity contribution < 1.29 is 0 Å². The molecule has 2 heterocycles. The lowest BCUT2D eigenvalue weighted by Crippen LogP contribution is -2.45. The summed E-state index contributed by atoms with van der Waals surface area (Å²) in [5, 5.41) is 4.47. The van der Waals surface area contributed by atoms with E-state index in [1.807, 2.05) is 0 Å². The van der Waals surface area contributed by atoms with E-state index in [4.69, 9.17) is 0 Å². The van der Waals surface area contributed by atoms with E-state index in [0.29, 0.717) is 0 Å². The first kappa shape index (κ1) is 13.1. The predicted molar refractivity (Wildman–Crippen MR) is 76.7 cm³/mol. The monoisotopic (exact) mass is 260 g/mol. The van der Waals surface area contributed by atoms with E-state index in [1.165, 1.54) is 49.7 Å². The fourth-order valence-electron chi connectivity index (χ4n) is 2.54. The summed E-state index contributed by atoms with van der Waals surface area (Å²) in [6.07, 6.45) is 2.69. The molecule has 0 amide bonds. The summed E-state index contributed by atoms with van der Waals surface area (Å²) in [6.45, 7) is 7.28. The summed E-state index contributed by atoms with van der Waals surface area (Å²) in [7, 11) is 0. The van der Waals surface area contributed by atoms with Gasteiger partial charge in [-0.2, -0.15) is 23.5 Å². The zero-order valence-corrected chi connectivity index (χ0v) is 11.9. The molecule has 0 aromatic heterocycles. The molecular formula is C12H24N2S2. The highest BCUT2D eigenvalue weighted by molar-refractivity contribution is 8.06. The number of likely N-dealkylation sites (tertiary alicyclic amines) is 1. The van der Waals surface area contributed by atoms with Crippen LogP contribution in [0.15, 0.2) is 0 Å². The molecule has 2 nitrogen and oxygen atoms in total. The van der Waals surface area contributed by atoms with Crippen LogP contribution in [0.3, 0.4) is 0 Å². The molecule has 2 rings (SSSR count). The molecule has 2 saturated heterocycles. The van der Waals surface area contributed by atoms with E-state index in [0.717, 1.165) is 17.8 Å². The highest BCUT2D eigenvalue weighted by Gasteiger charge is 2.22. The second-order valence-corrected chi connectivity index (χ2v) is 7.26. The third kappa shape index (κ3) is 4.13. The van der Waals surface area contributed by atoms with Gasteiger partial charge < -0.3 is 10.2 Å². The molecule has 4 heteroatoms. The third-order valence-corrected chi connectivity index (χ3v) is 6.25. The summed E-state index contributed by atoms with van der Waals surface area (Å²) in [5.41, 5.74) is 0. The summed E-state index contributed by atoms with van der Waals surface area (Å²) < 4.78 is 0. The van der Waals surface area contributed by atoms with Gasteiger partial charge in [-0.15, -0.1) is 0 Å². The van der Waals surface area contributed by atoms with Gasteiger partial charge >= 0.3 is 0 Å². The second kappa shape index (κ2) is 7.14. The first-order chi connectivity index (χ1) is 7.88. The minimum atomic E-state index is 0.787. The van der Waals surface area contributed by atoms with Crippen molar-refractivity contribution in [2.24, 2.45) is 0 Å². The Bertz CT molecular complexity index is 187.